The van der Waals surface area contributed by atoms with Crippen LogP contribution in [-0.4, -0.2) is 75.4 Å². The van der Waals surface area contributed by atoms with Gasteiger partial charge in [0, 0.05) is 24.2 Å². The first-order valence-electron chi connectivity index (χ1n) is 16.8. The largest absolute Gasteiger partial charge is 0.385 e. The number of fused-ring (bicyclic) bond motifs is 4. The number of benzene rings is 2. The molecule has 5 N–H and O–H groups in total. The van der Waals surface area contributed by atoms with E-state index < -0.39 is 75.5 Å². The third kappa shape index (κ3) is 7.27. The molecule has 55 heavy (non-hydrogen) atoms. The first kappa shape index (κ1) is 37.9. The number of hydrogen-bond donors (Lipinski definition) is 4. The number of sulfonamides is 1. The minimum absolute atomic E-state index is 0.0551. The molecule has 7 rings (SSSR count). The number of hydrogen-bond acceptors (Lipinski definition) is 9. The maximum absolute atomic E-state index is 15.5. The molecule has 2 unspecified atom stereocenters. The zero-order valence-electron chi connectivity index (χ0n) is 29.6. The van der Waals surface area contributed by atoms with Crippen LogP contribution < -0.4 is 15.8 Å². The lowest BCUT2D eigenvalue weighted by atomic mass is 9.82. The fraction of sp³-hybridized carbons (Fsp3) is 0.351. The summed E-state index contributed by atoms with van der Waals surface area (Å²) in [6.07, 6.45) is 0.703. The zero-order chi connectivity index (χ0) is 39.8. The van der Waals surface area contributed by atoms with Crippen molar-refractivity contribution < 1.29 is 35.9 Å². The third-order valence-electron chi connectivity index (χ3n) is 9.47. The first-order valence-corrected chi connectivity index (χ1v) is 19.1. The molecule has 0 spiro atoms. The Kier molecular flexibility index (Phi) is 9.27. The number of pyridine rings is 1. The van der Waals surface area contributed by atoms with Gasteiger partial charge in [-0.3, -0.25) is 19.2 Å². The second-order valence-corrected chi connectivity index (χ2v) is 16.4. The summed E-state index contributed by atoms with van der Waals surface area (Å²) in [6, 6.07) is 6.42. The van der Waals surface area contributed by atoms with E-state index in [2.05, 4.69) is 43.9 Å². The molecule has 3 aliphatic rings. The molecule has 5 atom stereocenters. The number of nitrogens with one attached hydrogen (secondary N) is 2. The van der Waals surface area contributed by atoms with Crippen LogP contribution in [0.2, 0.25) is 5.02 Å². The number of alkyl halides is 2. The summed E-state index contributed by atoms with van der Waals surface area (Å²) < 4.78 is 88.3. The predicted molar refractivity (Wildman–Crippen MR) is 197 cm³/mol. The molecule has 286 valence electrons. The van der Waals surface area contributed by atoms with Gasteiger partial charge in [0.05, 0.1) is 45.8 Å². The molecule has 2 aliphatic carbocycles. The lowest BCUT2D eigenvalue weighted by Gasteiger charge is -2.30. The number of nitrogens with zero attached hydrogens (tertiary/aromatic N) is 5. The van der Waals surface area contributed by atoms with Gasteiger partial charge in [-0.05, 0) is 62.1 Å². The van der Waals surface area contributed by atoms with E-state index in [-0.39, 0.29) is 45.4 Å². The minimum atomic E-state index is -3.80. The minimum Gasteiger partial charge on any atom is -0.385 e. The summed E-state index contributed by atoms with van der Waals surface area (Å²) >= 11 is 6.59. The van der Waals surface area contributed by atoms with Crippen LogP contribution >= 0.6 is 11.6 Å². The van der Waals surface area contributed by atoms with Crippen molar-refractivity contribution in [3.63, 3.8) is 0 Å². The fourth-order valence-corrected chi connectivity index (χ4v) is 8.06. The van der Waals surface area contributed by atoms with E-state index >= 15 is 8.78 Å². The number of anilines is 1. The molecule has 0 bridgehead atoms. The lowest BCUT2D eigenvalue weighted by molar-refractivity contribution is -0.127. The number of halogens is 5. The standard InChI is InChI=1S/C37H33ClF4N8O4S/c1-36(2,52)12-11-21-5-6-22(23-8-10-26(38)30-32(23)49(3)47-35(30)48-55(4,53)54)31(44-21)27(15-18-13-19(39)16-20(40)14-18)45-28(51)17-50-33-29(34(43)46-50)24-7-9-25(24)37(33,41)42/h5-6,8,10,13-14,16,24-25,27,29,33,52H,15,17H2,1-4H3,(H2,43,46)(H,45,51)(H,47,48)/t24-,25+,27-,29?,33?/m0/s1. The van der Waals surface area contributed by atoms with E-state index in [9.17, 15) is 27.1 Å². The van der Waals surface area contributed by atoms with Gasteiger partial charge in [0.1, 0.15) is 47.3 Å². The van der Waals surface area contributed by atoms with E-state index in [4.69, 9.17) is 22.3 Å². The van der Waals surface area contributed by atoms with Crippen molar-refractivity contribution in [1.82, 2.24) is 25.1 Å². The van der Waals surface area contributed by atoms with E-state index in [0.29, 0.717) is 22.7 Å². The topological polar surface area (TPSA) is 168 Å². The van der Waals surface area contributed by atoms with Crippen LogP contribution in [-0.2, 0) is 28.3 Å². The summed E-state index contributed by atoms with van der Waals surface area (Å²) in [5.41, 5.74) is 6.14. The van der Waals surface area contributed by atoms with Crippen LogP contribution in [0.3, 0.4) is 0 Å². The number of nitrogens with two attached hydrogens (primary N) is 1. The van der Waals surface area contributed by atoms with E-state index in [1.807, 2.05) is 0 Å². The summed E-state index contributed by atoms with van der Waals surface area (Å²) in [6.45, 7) is 2.27. The van der Waals surface area contributed by atoms with Gasteiger partial charge in [0.2, 0.25) is 15.9 Å². The molecule has 3 heterocycles. The van der Waals surface area contributed by atoms with Gasteiger partial charge in [-0.25, -0.2) is 31.0 Å². The van der Waals surface area contributed by atoms with Gasteiger partial charge in [-0.1, -0.05) is 35.4 Å². The van der Waals surface area contributed by atoms with Gasteiger partial charge in [0.15, 0.2) is 5.82 Å². The van der Waals surface area contributed by atoms with Gasteiger partial charge in [-0.2, -0.15) is 10.2 Å². The van der Waals surface area contributed by atoms with Crippen LogP contribution in [0.4, 0.5) is 23.4 Å². The third-order valence-corrected chi connectivity index (χ3v) is 10.4. The fourth-order valence-electron chi connectivity index (χ4n) is 7.32. The number of amides is 1. The Balaban J connectivity index is 1.35. The molecule has 1 saturated carbocycles. The molecule has 1 aliphatic heterocycles. The average molecular weight is 797 g/mol. The second-order valence-electron chi connectivity index (χ2n) is 14.3. The van der Waals surface area contributed by atoms with Crippen molar-refractivity contribution in [3.8, 4) is 34.8 Å². The number of carbonyl (C=O) groups excluding carboxylic acids is 1. The highest BCUT2D eigenvalue weighted by atomic mass is 35.5. The highest BCUT2D eigenvalue weighted by Gasteiger charge is 2.69. The van der Waals surface area contributed by atoms with Crippen LogP contribution in [0.1, 0.15) is 36.8 Å². The normalized spacial score (nSPS) is 21.3. The Morgan fingerprint density at radius 2 is 1.84 bits per heavy atom. The van der Waals surface area contributed by atoms with Crippen molar-refractivity contribution in [2.45, 2.75) is 43.9 Å². The van der Waals surface area contributed by atoms with Crippen LogP contribution in [0.25, 0.3) is 22.0 Å². The smallest absolute Gasteiger partial charge is 0.285 e. The molecular formula is C37H33ClF4N8O4S. The molecule has 12 nitrogen and oxygen atoms in total. The SMILES string of the molecule is Cn1nc(NS(C)(=O)=O)c2c(Cl)ccc(-c3ccc(C#CC(C)(C)O)nc3[C@H](Cc3cc(F)cc(F)c3)NC(=O)CN3N=C(N)C4C3C(F)(F)[C@@H]3C#C[C@H]43)c21. The second kappa shape index (κ2) is 13.4. The predicted octanol–water partition coefficient (Wildman–Crippen LogP) is 3.93. The molecule has 2 aromatic carbocycles. The molecular weight excluding hydrogens is 764 g/mol. The molecule has 2 aromatic heterocycles. The summed E-state index contributed by atoms with van der Waals surface area (Å²) in [5, 5.41) is 22.9. The highest BCUT2D eigenvalue weighted by Crippen LogP contribution is 2.55. The Morgan fingerprint density at radius 1 is 1.15 bits per heavy atom. The van der Waals surface area contributed by atoms with Crippen LogP contribution in [0, 0.1) is 53.1 Å². The van der Waals surface area contributed by atoms with Gasteiger partial charge >= 0.3 is 0 Å². The van der Waals surface area contributed by atoms with Gasteiger partial charge in [-0.15, -0.1) is 0 Å². The van der Waals surface area contributed by atoms with Crippen LogP contribution in [0.5, 0.6) is 0 Å². The zero-order valence-corrected chi connectivity index (χ0v) is 31.2. The Morgan fingerprint density at radius 3 is 2.47 bits per heavy atom. The van der Waals surface area contributed by atoms with Crippen molar-refractivity contribution >= 4 is 50.1 Å². The molecule has 0 radical (unpaired) electrons. The Hall–Kier alpha value is -5.36. The Bertz CT molecular complexity index is 2530. The highest BCUT2D eigenvalue weighted by molar-refractivity contribution is 7.92. The molecule has 18 heteroatoms. The maximum atomic E-state index is 15.5. The number of amidine groups is 1. The van der Waals surface area contributed by atoms with Crippen molar-refractivity contribution in [1.29, 1.82) is 0 Å². The van der Waals surface area contributed by atoms with E-state index in [0.717, 1.165) is 23.4 Å². The summed E-state index contributed by atoms with van der Waals surface area (Å²) in [5.74, 6) is 1.98. The summed E-state index contributed by atoms with van der Waals surface area (Å²) in [4.78, 5) is 18.7. The number of hydrazone groups is 1. The molecule has 0 saturated heterocycles. The number of aryl methyl sites for hydroxylation is 1. The number of aliphatic hydroxyl groups is 1. The van der Waals surface area contributed by atoms with Crippen molar-refractivity contribution in [2.24, 2.45) is 35.6 Å². The molecule has 1 fully saturated rings. The van der Waals surface area contributed by atoms with Crippen LogP contribution in [0.15, 0.2) is 47.6 Å². The molecule has 1 amide bonds. The Labute approximate surface area is 318 Å². The number of aromatic nitrogens is 3. The van der Waals surface area contributed by atoms with Crippen molar-refractivity contribution in [2.75, 3.05) is 17.5 Å². The van der Waals surface area contributed by atoms with Gasteiger partial charge < -0.3 is 16.2 Å². The summed E-state index contributed by atoms with van der Waals surface area (Å²) in [7, 11) is -2.23. The van der Waals surface area contributed by atoms with E-state index in [1.54, 1.807) is 25.2 Å². The van der Waals surface area contributed by atoms with Gasteiger partial charge in [0.25, 0.3) is 5.92 Å². The molecule has 4 aromatic rings. The maximum Gasteiger partial charge on any atom is 0.285 e. The quantitative estimate of drug-likeness (QED) is 0.146. The van der Waals surface area contributed by atoms with E-state index in [1.165, 1.54) is 24.6 Å². The average Bonchev–Trinajstić information content (AvgIpc) is 3.58. The monoisotopic (exact) mass is 796 g/mol. The number of rotatable bonds is 9. The lowest BCUT2D eigenvalue weighted by Crippen LogP contribution is -2.48. The first-order chi connectivity index (χ1) is 25.7. The number of carbonyl (C=O) groups is 1. The van der Waals surface area contributed by atoms with Crippen molar-refractivity contribution in [3.05, 3.63) is 76.1 Å².